The molecule has 1 aromatic carbocycles. The van der Waals surface area contributed by atoms with E-state index in [4.69, 9.17) is 21.4 Å². The number of hydrogen-bond acceptors (Lipinski definition) is 5. The highest BCUT2D eigenvalue weighted by atomic mass is 79.9. The number of ether oxygens (including phenoxy) is 1. The molecule has 2 aromatic heterocycles. The minimum Gasteiger partial charge on any atom is -0.459 e. The van der Waals surface area contributed by atoms with Crippen molar-refractivity contribution in [1.82, 2.24) is 20.1 Å². The summed E-state index contributed by atoms with van der Waals surface area (Å²) in [5.41, 5.74) is 1.30. The lowest BCUT2D eigenvalue weighted by molar-refractivity contribution is 0.0347. The van der Waals surface area contributed by atoms with Crippen LogP contribution in [0, 0.1) is 5.82 Å². The van der Waals surface area contributed by atoms with Crippen LogP contribution in [-0.4, -0.2) is 59.3 Å². The standard InChI is InChI=1S/C24H24BrFN4O2S/c25-16-4-5-17(18(26)15-16)20-6-7-21(32-20)23-22(19-3-1-2-8-27-19)28-24(33)30(23)10-9-29-11-13-31-14-12-29/h1-8,15,22-23H,9-14H2,(H,28,33)/t22-,23+/m1/s1. The fourth-order valence-corrected chi connectivity index (χ4v) is 5.04. The van der Waals surface area contributed by atoms with Crippen molar-refractivity contribution in [3.63, 3.8) is 0 Å². The van der Waals surface area contributed by atoms with E-state index >= 15 is 0 Å². The normalized spacial score (nSPS) is 21.4. The number of hydrogen-bond donors (Lipinski definition) is 1. The van der Waals surface area contributed by atoms with Crippen molar-refractivity contribution in [3.8, 4) is 11.3 Å². The largest absolute Gasteiger partial charge is 0.459 e. The van der Waals surface area contributed by atoms with Crippen LogP contribution in [0.2, 0.25) is 0 Å². The van der Waals surface area contributed by atoms with E-state index in [-0.39, 0.29) is 17.9 Å². The second-order valence-corrected chi connectivity index (χ2v) is 9.40. The molecule has 2 aliphatic rings. The van der Waals surface area contributed by atoms with E-state index in [1.165, 1.54) is 6.07 Å². The summed E-state index contributed by atoms with van der Waals surface area (Å²) in [5, 5.41) is 4.10. The van der Waals surface area contributed by atoms with Gasteiger partial charge in [0.25, 0.3) is 0 Å². The highest BCUT2D eigenvalue weighted by Gasteiger charge is 2.41. The highest BCUT2D eigenvalue weighted by molar-refractivity contribution is 9.10. The van der Waals surface area contributed by atoms with Crippen LogP contribution in [0.25, 0.3) is 11.3 Å². The maximum absolute atomic E-state index is 14.6. The average molecular weight is 531 g/mol. The van der Waals surface area contributed by atoms with Gasteiger partial charge in [-0.05, 0) is 54.7 Å². The van der Waals surface area contributed by atoms with Crippen molar-refractivity contribution in [2.75, 3.05) is 39.4 Å². The van der Waals surface area contributed by atoms with Crippen molar-refractivity contribution in [2.24, 2.45) is 0 Å². The van der Waals surface area contributed by atoms with Gasteiger partial charge in [-0.1, -0.05) is 22.0 Å². The molecule has 172 valence electrons. The first-order valence-electron chi connectivity index (χ1n) is 10.9. The fraction of sp³-hybridized carbons (Fsp3) is 0.333. The number of morpholine rings is 1. The fourth-order valence-electron chi connectivity index (χ4n) is 4.38. The Morgan fingerprint density at radius 2 is 1.97 bits per heavy atom. The van der Waals surface area contributed by atoms with E-state index in [2.05, 4.69) is 36.0 Å². The van der Waals surface area contributed by atoms with E-state index in [0.717, 1.165) is 50.8 Å². The zero-order valence-electron chi connectivity index (χ0n) is 17.9. The molecule has 0 bridgehead atoms. The quantitative estimate of drug-likeness (QED) is 0.469. The summed E-state index contributed by atoms with van der Waals surface area (Å²) in [5.74, 6) is 0.869. The first-order valence-corrected chi connectivity index (χ1v) is 12.1. The van der Waals surface area contributed by atoms with E-state index in [0.29, 0.717) is 20.9 Å². The van der Waals surface area contributed by atoms with Gasteiger partial charge in [-0.15, -0.1) is 0 Å². The topological polar surface area (TPSA) is 53.8 Å². The van der Waals surface area contributed by atoms with Gasteiger partial charge < -0.3 is 19.4 Å². The molecule has 0 spiro atoms. The van der Waals surface area contributed by atoms with E-state index < -0.39 is 0 Å². The number of thiocarbonyl (C=S) groups is 1. The van der Waals surface area contributed by atoms with Gasteiger partial charge in [0, 0.05) is 36.8 Å². The van der Waals surface area contributed by atoms with Gasteiger partial charge in [-0.25, -0.2) is 4.39 Å². The predicted molar refractivity (Wildman–Crippen MR) is 131 cm³/mol. The molecular weight excluding hydrogens is 507 g/mol. The smallest absolute Gasteiger partial charge is 0.170 e. The van der Waals surface area contributed by atoms with Crippen molar-refractivity contribution in [1.29, 1.82) is 0 Å². The zero-order chi connectivity index (χ0) is 22.8. The zero-order valence-corrected chi connectivity index (χ0v) is 20.3. The third-order valence-electron chi connectivity index (χ3n) is 6.07. The molecule has 6 nitrogen and oxygen atoms in total. The molecule has 2 saturated heterocycles. The first kappa shape index (κ1) is 22.5. The monoisotopic (exact) mass is 530 g/mol. The summed E-state index contributed by atoms with van der Waals surface area (Å²) in [6.07, 6.45) is 1.78. The summed E-state index contributed by atoms with van der Waals surface area (Å²) < 4.78 is 27.0. The number of benzene rings is 1. The summed E-state index contributed by atoms with van der Waals surface area (Å²) in [4.78, 5) is 9.10. The Hall–Kier alpha value is -2.33. The van der Waals surface area contributed by atoms with Crippen LogP contribution in [-0.2, 0) is 4.74 Å². The number of rotatable bonds is 6. The average Bonchev–Trinajstić information content (AvgIpc) is 3.43. The molecule has 9 heteroatoms. The lowest BCUT2D eigenvalue weighted by Gasteiger charge is -2.31. The molecule has 4 heterocycles. The Balaban J connectivity index is 1.45. The molecule has 2 fully saturated rings. The maximum atomic E-state index is 14.6. The van der Waals surface area contributed by atoms with E-state index in [1.54, 1.807) is 18.3 Å². The van der Waals surface area contributed by atoms with Gasteiger partial charge in [-0.2, -0.15) is 0 Å². The molecule has 3 aromatic rings. The molecule has 0 saturated carbocycles. The van der Waals surface area contributed by atoms with Crippen LogP contribution in [0.1, 0.15) is 23.5 Å². The van der Waals surface area contributed by atoms with Gasteiger partial charge in [0.1, 0.15) is 23.4 Å². The number of nitrogens with zero attached hydrogens (tertiary/aromatic N) is 3. The van der Waals surface area contributed by atoms with Gasteiger partial charge in [-0.3, -0.25) is 9.88 Å². The number of pyridine rings is 1. The molecular formula is C24H24BrFN4O2S. The van der Waals surface area contributed by atoms with Crippen molar-refractivity contribution >= 4 is 33.3 Å². The maximum Gasteiger partial charge on any atom is 0.170 e. The minimum absolute atomic E-state index is 0.169. The minimum atomic E-state index is -0.337. The van der Waals surface area contributed by atoms with Crippen molar-refractivity contribution in [3.05, 3.63) is 76.5 Å². The molecule has 5 rings (SSSR count). The van der Waals surface area contributed by atoms with Gasteiger partial charge in [0.2, 0.25) is 0 Å². The van der Waals surface area contributed by atoms with Crippen LogP contribution in [0.5, 0.6) is 0 Å². The van der Waals surface area contributed by atoms with Crippen LogP contribution < -0.4 is 5.32 Å². The Morgan fingerprint density at radius 1 is 1.12 bits per heavy atom. The Bertz CT molecular complexity index is 1120. The summed E-state index contributed by atoms with van der Waals surface area (Å²) in [7, 11) is 0. The molecule has 0 aliphatic carbocycles. The van der Waals surface area contributed by atoms with Crippen LogP contribution in [0.4, 0.5) is 4.39 Å². The van der Waals surface area contributed by atoms with Crippen molar-refractivity contribution < 1.29 is 13.5 Å². The molecule has 2 atom stereocenters. The third-order valence-corrected chi connectivity index (χ3v) is 6.92. The molecule has 2 aliphatic heterocycles. The summed E-state index contributed by atoms with van der Waals surface area (Å²) in [6.45, 7) is 4.94. The molecule has 0 unspecified atom stereocenters. The van der Waals surface area contributed by atoms with E-state index in [9.17, 15) is 4.39 Å². The Kier molecular flexibility index (Phi) is 6.73. The van der Waals surface area contributed by atoms with Crippen LogP contribution in [0.15, 0.2) is 63.6 Å². The second-order valence-electron chi connectivity index (χ2n) is 8.10. The SMILES string of the molecule is Fc1cc(Br)ccc1-c1ccc([C@H]2[C@@H](c3ccccn3)NC(=S)N2CCN2CCOCC2)o1. The first-order chi connectivity index (χ1) is 16.1. The third kappa shape index (κ3) is 4.82. The molecule has 0 amide bonds. The van der Waals surface area contributed by atoms with Crippen LogP contribution in [0.3, 0.4) is 0 Å². The number of furan rings is 1. The van der Waals surface area contributed by atoms with Gasteiger partial charge >= 0.3 is 0 Å². The molecule has 1 N–H and O–H groups in total. The van der Waals surface area contributed by atoms with Crippen molar-refractivity contribution in [2.45, 2.75) is 12.1 Å². The molecule has 33 heavy (non-hydrogen) atoms. The van der Waals surface area contributed by atoms with E-state index in [1.807, 2.05) is 30.3 Å². The second kappa shape index (κ2) is 9.89. The van der Waals surface area contributed by atoms with Crippen LogP contribution >= 0.6 is 28.1 Å². The number of nitrogens with one attached hydrogen (secondary N) is 1. The lowest BCUT2D eigenvalue weighted by Crippen LogP contribution is -2.42. The number of halogens is 2. The summed E-state index contributed by atoms with van der Waals surface area (Å²) >= 11 is 9.04. The predicted octanol–water partition coefficient (Wildman–Crippen LogP) is 4.55. The van der Waals surface area contributed by atoms with Gasteiger partial charge in [0.15, 0.2) is 5.11 Å². The lowest BCUT2D eigenvalue weighted by atomic mass is 10.0. The summed E-state index contributed by atoms with van der Waals surface area (Å²) in [6, 6.07) is 14.2. The number of aromatic nitrogens is 1. The Morgan fingerprint density at radius 3 is 2.73 bits per heavy atom. The highest BCUT2D eigenvalue weighted by Crippen LogP contribution is 2.40. The van der Waals surface area contributed by atoms with Gasteiger partial charge in [0.05, 0.1) is 30.5 Å². The Labute approximate surface area is 205 Å². The molecule has 0 radical (unpaired) electrons.